The van der Waals surface area contributed by atoms with Crippen LogP contribution < -0.4 is 15.4 Å². The zero-order valence-corrected chi connectivity index (χ0v) is 14.4. The van der Waals surface area contributed by atoms with Crippen molar-refractivity contribution in [3.05, 3.63) is 53.7 Å². The molecular weight excluding hydrogens is 304 g/mol. The number of hydrogen-bond donors (Lipinski definition) is 2. The summed E-state index contributed by atoms with van der Waals surface area (Å²) in [6.07, 6.45) is 1.64. The molecule has 2 N–H and O–H groups in total. The van der Waals surface area contributed by atoms with Gasteiger partial charge in [-0.3, -0.25) is 4.79 Å². The van der Waals surface area contributed by atoms with Crippen molar-refractivity contribution >= 4 is 11.7 Å². The van der Waals surface area contributed by atoms with Gasteiger partial charge in [0.15, 0.2) is 0 Å². The second-order valence-corrected chi connectivity index (χ2v) is 5.69. The molecule has 0 radical (unpaired) electrons. The number of rotatable bonds is 8. The van der Waals surface area contributed by atoms with Crippen molar-refractivity contribution in [1.82, 2.24) is 15.2 Å². The highest BCUT2D eigenvalue weighted by Crippen LogP contribution is 2.11. The number of hydrogen-bond acceptors (Lipinski definition) is 5. The van der Waals surface area contributed by atoms with E-state index in [1.54, 1.807) is 25.4 Å². The maximum absolute atomic E-state index is 12.3. The molecule has 0 saturated carbocycles. The predicted octanol–water partition coefficient (Wildman–Crippen LogP) is 1.99. The van der Waals surface area contributed by atoms with Crippen molar-refractivity contribution in [2.75, 3.05) is 39.6 Å². The van der Waals surface area contributed by atoms with Gasteiger partial charge in [0.1, 0.15) is 11.6 Å². The third kappa shape index (κ3) is 5.55. The molecule has 0 atom stereocenters. The Kier molecular flexibility index (Phi) is 6.57. The van der Waals surface area contributed by atoms with Crippen LogP contribution in [0.1, 0.15) is 15.9 Å². The summed E-state index contributed by atoms with van der Waals surface area (Å²) in [6.45, 7) is 2.14. The Morgan fingerprint density at radius 3 is 2.62 bits per heavy atom. The van der Waals surface area contributed by atoms with Gasteiger partial charge in [0.05, 0.1) is 7.11 Å². The van der Waals surface area contributed by atoms with Crippen LogP contribution in [0.2, 0.25) is 0 Å². The summed E-state index contributed by atoms with van der Waals surface area (Å²) >= 11 is 0. The second-order valence-electron chi connectivity index (χ2n) is 5.69. The molecule has 2 aromatic rings. The van der Waals surface area contributed by atoms with Gasteiger partial charge in [0.2, 0.25) is 0 Å². The monoisotopic (exact) mass is 328 g/mol. The molecule has 0 aliphatic heterocycles. The van der Waals surface area contributed by atoms with E-state index in [4.69, 9.17) is 4.74 Å². The molecule has 6 nitrogen and oxygen atoms in total. The lowest BCUT2D eigenvalue weighted by molar-refractivity contribution is 0.0951. The smallest absolute Gasteiger partial charge is 0.251 e. The van der Waals surface area contributed by atoms with E-state index in [1.165, 1.54) is 0 Å². The van der Waals surface area contributed by atoms with E-state index >= 15 is 0 Å². The van der Waals surface area contributed by atoms with Crippen LogP contribution in [-0.4, -0.2) is 50.1 Å². The normalized spacial score (nSPS) is 10.5. The van der Waals surface area contributed by atoms with Crippen molar-refractivity contribution in [3.63, 3.8) is 0 Å². The van der Waals surface area contributed by atoms with Crippen molar-refractivity contribution in [2.24, 2.45) is 0 Å². The zero-order valence-electron chi connectivity index (χ0n) is 14.4. The van der Waals surface area contributed by atoms with Gasteiger partial charge in [-0.25, -0.2) is 4.98 Å². The Labute approximate surface area is 142 Å². The highest BCUT2D eigenvalue weighted by molar-refractivity contribution is 5.94. The number of nitrogens with zero attached hydrogens (tertiary/aromatic N) is 2. The summed E-state index contributed by atoms with van der Waals surface area (Å²) in [5, 5.41) is 6.12. The topological polar surface area (TPSA) is 66.5 Å². The number of nitrogens with one attached hydrogen (secondary N) is 2. The minimum atomic E-state index is -0.121. The van der Waals surface area contributed by atoms with Crippen LogP contribution in [0, 0.1) is 0 Å². The first-order valence-corrected chi connectivity index (χ1v) is 7.84. The average Bonchev–Trinajstić information content (AvgIpc) is 2.60. The molecule has 0 aliphatic rings. The molecule has 0 saturated heterocycles. The zero-order chi connectivity index (χ0) is 17.4. The Hall–Kier alpha value is -2.60. The summed E-state index contributed by atoms with van der Waals surface area (Å²) in [4.78, 5) is 18.6. The number of carbonyl (C=O) groups excluding carboxylic acids is 1. The number of ether oxygens (including phenoxy) is 1. The predicted molar refractivity (Wildman–Crippen MR) is 95.4 cm³/mol. The summed E-state index contributed by atoms with van der Waals surface area (Å²) < 4.78 is 5.12. The van der Waals surface area contributed by atoms with Gasteiger partial charge in [-0.05, 0) is 43.9 Å². The van der Waals surface area contributed by atoms with E-state index in [9.17, 15) is 4.79 Å². The summed E-state index contributed by atoms with van der Waals surface area (Å²) in [6, 6.07) is 11.1. The van der Waals surface area contributed by atoms with Gasteiger partial charge < -0.3 is 20.3 Å². The number of methoxy groups -OCH3 is 1. The molecule has 1 amide bonds. The number of anilines is 1. The Bertz CT molecular complexity index is 656. The van der Waals surface area contributed by atoms with Crippen LogP contribution in [0.5, 0.6) is 5.75 Å². The van der Waals surface area contributed by atoms with E-state index in [2.05, 4.69) is 20.5 Å². The van der Waals surface area contributed by atoms with Crippen LogP contribution in [0.4, 0.5) is 5.82 Å². The number of carbonyl (C=O) groups is 1. The standard InChI is InChI=1S/C18H24N4O2/c1-22(2)11-10-20-17-12-15(8-9-19-17)18(23)21-13-14-4-6-16(24-3)7-5-14/h4-9,12H,10-11,13H2,1-3H3,(H,19,20)(H,21,23). The minimum absolute atomic E-state index is 0.121. The molecule has 0 bridgehead atoms. The van der Waals surface area contributed by atoms with Crippen LogP contribution in [-0.2, 0) is 6.54 Å². The third-order valence-electron chi connectivity index (χ3n) is 3.50. The third-order valence-corrected chi connectivity index (χ3v) is 3.50. The maximum Gasteiger partial charge on any atom is 0.251 e. The highest BCUT2D eigenvalue weighted by atomic mass is 16.5. The van der Waals surface area contributed by atoms with Gasteiger partial charge >= 0.3 is 0 Å². The number of aromatic nitrogens is 1. The molecule has 128 valence electrons. The molecule has 2 rings (SSSR count). The van der Waals surface area contributed by atoms with Crippen LogP contribution in [0.25, 0.3) is 0 Å². The fourth-order valence-corrected chi connectivity index (χ4v) is 2.10. The SMILES string of the molecule is COc1ccc(CNC(=O)c2ccnc(NCCN(C)C)c2)cc1. The van der Waals surface area contributed by atoms with E-state index in [0.717, 1.165) is 24.4 Å². The van der Waals surface area contributed by atoms with E-state index < -0.39 is 0 Å². The van der Waals surface area contributed by atoms with Gasteiger partial charge in [0.25, 0.3) is 5.91 Å². The largest absolute Gasteiger partial charge is 0.497 e. The first-order chi connectivity index (χ1) is 11.6. The van der Waals surface area contributed by atoms with Crippen LogP contribution >= 0.6 is 0 Å². The highest BCUT2D eigenvalue weighted by Gasteiger charge is 2.07. The van der Waals surface area contributed by atoms with Crippen molar-refractivity contribution in [1.29, 1.82) is 0 Å². The summed E-state index contributed by atoms with van der Waals surface area (Å²) in [7, 11) is 5.65. The minimum Gasteiger partial charge on any atom is -0.497 e. The van der Waals surface area contributed by atoms with Gasteiger partial charge in [-0.2, -0.15) is 0 Å². The Morgan fingerprint density at radius 1 is 1.21 bits per heavy atom. The molecule has 0 fully saturated rings. The van der Waals surface area contributed by atoms with Gasteiger partial charge in [-0.1, -0.05) is 12.1 Å². The molecular formula is C18H24N4O2. The number of amides is 1. The van der Waals surface area contributed by atoms with Crippen LogP contribution in [0.3, 0.4) is 0 Å². The Morgan fingerprint density at radius 2 is 1.96 bits per heavy atom. The fourth-order valence-electron chi connectivity index (χ4n) is 2.10. The van der Waals surface area contributed by atoms with Gasteiger partial charge in [-0.15, -0.1) is 0 Å². The van der Waals surface area contributed by atoms with Crippen molar-refractivity contribution < 1.29 is 9.53 Å². The van der Waals surface area contributed by atoms with E-state index in [1.807, 2.05) is 38.4 Å². The maximum atomic E-state index is 12.3. The average molecular weight is 328 g/mol. The first-order valence-electron chi connectivity index (χ1n) is 7.84. The molecule has 24 heavy (non-hydrogen) atoms. The van der Waals surface area contributed by atoms with Crippen molar-refractivity contribution in [2.45, 2.75) is 6.54 Å². The lowest BCUT2D eigenvalue weighted by atomic mass is 10.2. The second kappa shape index (κ2) is 8.88. The molecule has 1 heterocycles. The van der Waals surface area contributed by atoms with E-state index in [0.29, 0.717) is 17.9 Å². The number of likely N-dealkylation sites (N-methyl/N-ethyl adjacent to an activating group) is 1. The number of benzene rings is 1. The molecule has 6 heteroatoms. The summed E-state index contributed by atoms with van der Waals surface area (Å²) in [5.41, 5.74) is 1.61. The van der Waals surface area contributed by atoms with E-state index in [-0.39, 0.29) is 5.91 Å². The molecule has 0 spiro atoms. The van der Waals surface area contributed by atoms with Crippen LogP contribution in [0.15, 0.2) is 42.6 Å². The van der Waals surface area contributed by atoms with Gasteiger partial charge in [0, 0.05) is 31.4 Å². The Balaban J connectivity index is 1.89. The molecule has 1 aromatic carbocycles. The lowest BCUT2D eigenvalue weighted by Gasteiger charge is -2.11. The lowest BCUT2D eigenvalue weighted by Crippen LogP contribution is -2.23. The number of pyridine rings is 1. The summed E-state index contributed by atoms with van der Waals surface area (Å²) in [5.74, 6) is 1.38. The quantitative estimate of drug-likeness (QED) is 0.776. The molecule has 0 unspecified atom stereocenters. The first kappa shape index (κ1) is 17.7. The molecule has 0 aliphatic carbocycles. The molecule has 1 aromatic heterocycles. The van der Waals surface area contributed by atoms with Crippen molar-refractivity contribution in [3.8, 4) is 5.75 Å². The fraction of sp³-hybridized carbons (Fsp3) is 0.333.